The number of benzene rings is 3. The molecule has 116 valence electrons. The second-order valence-electron chi connectivity index (χ2n) is 5.43. The number of hydrogen-bond acceptors (Lipinski definition) is 2. The summed E-state index contributed by atoms with van der Waals surface area (Å²) in [6, 6.07) is 27.0. The molecule has 3 nitrogen and oxygen atoms in total. The molecule has 0 spiro atoms. The Bertz CT molecular complexity index is 860. The second kappa shape index (κ2) is 7.26. The number of nitrogens with zero attached hydrogens (tertiary/aromatic N) is 1. The zero-order valence-electron chi connectivity index (χ0n) is 13.1. The molecule has 3 aromatic rings. The van der Waals surface area contributed by atoms with Gasteiger partial charge in [-0.2, -0.15) is 5.26 Å². The minimum Gasteiger partial charge on any atom is -0.322 e. The molecule has 3 rings (SSSR count). The Kier molecular flexibility index (Phi) is 4.69. The van der Waals surface area contributed by atoms with E-state index in [1.54, 1.807) is 0 Å². The fourth-order valence-corrected chi connectivity index (χ4v) is 2.45. The van der Waals surface area contributed by atoms with E-state index in [9.17, 15) is 4.79 Å². The minimum atomic E-state index is -0.150. The Morgan fingerprint density at radius 1 is 0.833 bits per heavy atom. The molecule has 0 atom stereocenters. The van der Waals surface area contributed by atoms with Gasteiger partial charge in [-0.1, -0.05) is 54.6 Å². The van der Waals surface area contributed by atoms with Crippen LogP contribution < -0.4 is 5.32 Å². The highest BCUT2D eigenvalue weighted by Gasteiger charge is 2.06. The lowest BCUT2D eigenvalue weighted by Crippen LogP contribution is -2.11. The first-order valence-electron chi connectivity index (χ1n) is 7.69. The summed E-state index contributed by atoms with van der Waals surface area (Å²) in [6.45, 7) is 0. The van der Waals surface area contributed by atoms with Gasteiger partial charge >= 0.3 is 0 Å². The van der Waals surface area contributed by atoms with Crippen molar-refractivity contribution in [1.29, 1.82) is 5.26 Å². The molecule has 1 amide bonds. The first-order valence-corrected chi connectivity index (χ1v) is 7.69. The van der Waals surface area contributed by atoms with Crippen LogP contribution in [-0.2, 0) is 6.42 Å². The molecule has 0 radical (unpaired) electrons. The van der Waals surface area contributed by atoms with Gasteiger partial charge in [-0.3, -0.25) is 4.79 Å². The molecule has 24 heavy (non-hydrogen) atoms. The van der Waals surface area contributed by atoms with E-state index < -0.39 is 0 Å². The molecule has 0 unspecified atom stereocenters. The van der Waals surface area contributed by atoms with Crippen LogP contribution in [0.25, 0.3) is 11.1 Å². The Hall–Kier alpha value is -3.38. The number of nitriles is 1. The van der Waals surface area contributed by atoms with Crippen LogP contribution in [0.4, 0.5) is 5.69 Å². The van der Waals surface area contributed by atoms with Gasteiger partial charge in [-0.25, -0.2) is 0 Å². The molecule has 3 heteroatoms. The largest absolute Gasteiger partial charge is 0.322 e. The maximum atomic E-state index is 12.3. The molecule has 0 fully saturated rings. The highest BCUT2D eigenvalue weighted by Crippen LogP contribution is 2.20. The van der Waals surface area contributed by atoms with Gasteiger partial charge in [0, 0.05) is 11.3 Å². The van der Waals surface area contributed by atoms with Crippen LogP contribution in [0, 0.1) is 11.3 Å². The third kappa shape index (κ3) is 3.68. The fraction of sp³-hybridized carbons (Fsp3) is 0.0476. The summed E-state index contributed by atoms with van der Waals surface area (Å²) in [6.07, 6.45) is 0.370. The lowest BCUT2D eigenvalue weighted by Gasteiger charge is -2.07. The van der Waals surface area contributed by atoms with Crippen molar-refractivity contribution in [3.8, 4) is 17.2 Å². The zero-order chi connectivity index (χ0) is 16.8. The van der Waals surface area contributed by atoms with Gasteiger partial charge in [-0.15, -0.1) is 0 Å². The van der Waals surface area contributed by atoms with Gasteiger partial charge in [0.05, 0.1) is 12.5 Å². The average Bonchev–Trinajstić information content (AvgIpc) is 2.64. The predicted molar refractivity (Wildman–Crippen MR) is 95.6 cm³/mol. The third-order valence-electron chi connectivity index (χ3n) is 3.75. The number of nitrogens with one attached hydrogen (secondary N) is 1. The highest BCUT2D eigenvalue weighted by atomic mass is 16.1. The molecule has 0 bridgehead atoms. The lowest BCUT2D eigenvalue weighted by molar-refractivity contribution is 0.102. The van der Waals surface area contributed by atoms with E-state index in [1.807, 2.05) is 78.9 Å². The van der Waals surface area contributed by atoms with Crippen LogP contribution >= 0.6 is 0 Å². The topological polar surface area (TPSA) is 52.9 Å². The Balaban J connectivity index is 1.70. The van der Waals surface area contributed by atoms with Crippen molar-refractivity contribution in [2.75, 3.05) is 5.32 Å². The molecule has 1 N–H and O–H groups in total. The summed E-state index contributed by atoms with van der Waals surface area (Å²) in [5.41, 5.74) is 4.46. The summed E-state index contributed by atoms with van der Waals surface area (Å²) in [4.78, 5) is 12.3. The Labute approximate surface area is 141 Å². The van der Waals surface area contributed by atoms with E-state index in [0.29, 0.717) is 17.7 Å². The maximum absolute atomic E-state index is 12.3. The third-order valence-corrected chi connectivity index (χ3v) is 3.75. The van der Waals surface area contributed by atoms with Crippen LogP contribution in [0.1, 0.15) is 15.9 Å². The van der Waals surface area contributed by atoms with Gasteiger partial charge in [-0.05, 0) is 41.0 Å². The number of carbonyl (C=O) groups excluding carboxylic acids is 1. The summed E-state index contributed by atoms with van der Waals surface area (Å²) in [7, 11) is 0. The highest BCUT2D eigenvalue weighted by molar-refractivity contribution is 6.04. The molecular formula is C21H16N2O. The number of rotatable bonds is 4. The number of hydrogen-bond donors (Lipinski definition) is 1. The van der Waals surface area contributed by atoms with E-state index in [4.69, 9.17) is 5.26 Å². The van der Waals surface area contributed by atoms with Crippen LogP contribution in [0.3, 0.4) is 0 Å². The summed E-state index contributed by atoms with van der Waals surface area (Å²) in [5.74, 6) is -0.150. The SMILES string of the molecule is N#CCc1ccc(NC(=O)c2ccc(-c3ccccc3)cc2)cc1. The second-order valence-corrected chi connectivity index (χ2v) is 5.43. The molecule has 3 aromatic carbocycles. The summed E-state index contributed by atoms with van der Waals surface area (Å²) in [5, 5.41) is 11.5. The quantitative estimate of drug-likeness (QED) is 0.761. The van der Waals surface area contributed by atoms with Crippen LogP contribution in [0.15, 0.2) is 78.9 Å². The molecule has 0 aliphatic rings. The fourth-order valence-electron chi connectivity index (χ4n) is 2.45. The monoisotopic (exact) mass is 312 g/mol. The lowest BCUT2D eigenvalue weighted by atomic mass is 10.0. The molecule has 0 aliphatic carbocycles. The van der Waals surface area contributed by atoms with Gasteiger partial charge in [0.15, 0.2) is 0 Å². The smallest absolute Gasteiger partial charge is 0.255 e. The Morgan fingerprint density at radius 2 is 1.46 bits per heavy atom. The van der Waals surface area contributed by atoms with Crippen molar-refractivity contribution in [3.63, 3.8) is 0 Å². The number of amides is 1. The van der Waals surface area contributed by atoms with E-state index in [2.05, 4.69) is 11.4 Å². The summed E-state index contributed by atoms with van der Waals surface area (Å²) < 4.78 is 0. The predicted octanol–water partition coefficient (Wildman–Crippen LogP) is 4.67. The first kappa shape index (κ1) is 15.5. The molecule has 0 saturated carbocycles. The minimum absolute atomic E-state index is 0.150. The Morgan fingerprint density at radius 3 is 2.08 bits per heavy atom. The average molecular weight is 312 g/mol. The van der Waals surface area contributed by atoms with Crippen molar-refractivity contribution in [1.82, 2.24) is 0 Å². The van der Waals surface area contributed by atoms with Gasteiger partial charge in [0.1, 0.15) is 0 Å². The molecule has 0 aromatic heterocycles. The normalized spacial score (nSPS) is 9.96. The van der Waals surface area contributed by atoms with Crippen molar-refractivity contribution >= 4 is 11.6 Å². The van der Waals surface area contributed by atoms with Crippen molar-refractivity contribution in [2.24, 2.45) is 0 Å². The molecule has 0 heterocycles. The molecule has 0 saturated heterocycles. The number of carbonyl (C=O) groups is 1. The molecule has 0 aliphatic heterocycles. The van der Waals surface area contributed by atoms with Crippen molar-refractivity contribution < 1.29 is 4.79 Å². The van der Waals surface area contributed by atoms with Gasteiger partial charge in [0.25, 0.3) is 5.91 Å². The summed E-state index contributed by atoms with van der Waals surface area (Å²) >= 11 is 0. The van der Waals surface area contributed by atoms with Crippen LogP contribution in [0.5, 0.6) is 0 Å². The van der Waals surface area contributed by atoms with E-state index in [0.717, 1.165) is 16.7 Å². The van der Waals surface area contributed by atoms with E-state index >= 15 is 0 Å². The molecular weight excluding hydrogens is 296 g/mol. The standard InChI is InChI=1S/C21H16N2O/c22-15-14-16-6-12-20(13-7-16)23-21(24)19-10-8-18(9-11-19)17-4-2-1-3-5-17/h1-13H,14H2,(H,23,24). The van der Waals surface area contributed by atoms with Crippen LogP contribution in [-0.4, -0.2) is 5.91 Å². The maximum Gasteiger partial charge on any atom is 0.255 e. The zero-order valence-corrected chi connectivity index (χ0v) is 13.1. The van der Waals surface area contributed by atoms with Gasteiger partial charge < -0.3 is 5.32 Å². The van der Waals surface area contributed by atoms with E-state index in [-0.39, 0.29) is 5.91 Å². The number of anilines is 1. The van der Waals surface area contributed by atoms with Crippen LogP contribution in [0.2, 0.25) is 0 Å². The first-order chi connectivity index (χ1) is 11.8. The van der Waals surface area contributed by atoms with Crippen molar-refractivity contribution in [3.05, 3.63) is 90.0 Å². The van der Waals surface area contributed by atoms with E-state index in [1.165, 1.54) is 0 Å². The van der Waals surface area contributed by atoms with Crippen molar-refractivity contribution in [2.45, 2.75) is 6.42 Å². The van der Waals surface area contributed by atoms with Gasteiger partial charge in [0.2, 0.25) is 0 Å².